The van der Waals surface area contributed by atoms with E-state index in [1.807, 2.05) is 11.3 Å². The normalized spacial score (nSPS) is 15.5. The fraction of sp³-hybridized carbons (Fsp3) is 0.667. The maximum Gasteiger partial charge on any atom is 0.0590 e. The lowest BCUT2D eigenvalue weighted by molar-refractivity contribution is 0.213. The van der Waals surface area contributed by atoms with Crippen LogP contribution in [-0.4, -0.2) is 24.5 Å². The van der Waals surface area contributed by atoms with Crippen LogP contribution in [0.2, 0.25) is 0 Å². The van der Waals surface area contributed by atoms with E-state index in [9.17, 15) is 0 Å². The average molecular weight is 226 g/mol. The Hall–Kier alpha value is -0.380. The molecule has 3 heteroatoms. The largest absolute Gasteiger partial charge is 0.326 e. The molecule has 0 bridgehead atoms. The average Bonchev–Trinajstić information content (AvgIpc) is 2.71. The van der Waals surface area contributed by atoms with Gasteiger partial charge in [-0.25, -0.2) is 0 Å². The van der Waals surface area contributed by atoms with Crippen LogP contribution in [0, 0.1) is 0 Å². The monoisotopic (exact) mass is 226 g/mol. The minimum absolute atomic E-state index is 0.236. The second-order valence-electron chi connectivity index (χ2n) is 4.01. The minimum Gasteiger partial charge on any atom is -0.326 e. The summed E-state index contributed by atoms with van der Waals surface area (Å²) in [6, 6.07) is 4.92. The molecular weight excluding hydrogens is 204 g/mol. The van der Waals surface area contributed by atoms with Crippen molar-refractivity contribution in [3.63, 3.8) is 0 Å². The van der Waals surface area contributed by atoms with Gasteiger partial charge in [0.1, 0.15) is 0 Å². The van der Waals surface area contributed by atoms with Gasteiger partial charge in [-0.2, -0.15) is 0 Å². The van der Waals surface area contributed by atoms with Crippen molar-refractivity contribution in [3.05, 3.63) is 22.4 Å². The highest BCUT2D eigenvalue weighted by Crippen LogP contribution is 2.27. The summed E-state index contributed by atoms with van der Waals surface area (Å²) >= 11 is 1.81. The second-order valence-corrected chi connectivity index (χ2v) is 4.99. The van der Waals surface area contributed by atoms with E-state index in [0.717, 1.165) is 13.0 Å². The number of nitrogens with two attached hydrogens (primary N) is 1. The zero-order valence-corrected chi connectivity index (χ0v) is 10.8. The molecule has 1 aromatic rings. The standard InChI is InChI=1S/C12H22N2S/c1-4-8-14(3)12(10(13)5-2)11-7-6-9-15-11/h6-7,9-10,12H,4-5,8,13H2,1-3H3. The second kappa shape index (κ2) is 6.26. The molecule has 0 saturated heterocycles. The lowest BCUT2D eigenvalue weighted by atomic mass is 10.0. The van der Waals surface area contributed by atoms with Gasteiger partial charge >= 0.3 is 0 Å². The molecule has 0 amide bonds. The highest BCUT2D eigenvalue weighted by Gasteiger charge is 2.23. The van der Waals surface area contributed by atoms with Gasteiger partial charge < -0.3 is 5.73 Å². The zero-order chi connectivity index (χ0) is 11.3. The smallest absolute Gasteiger partial charge is 0.0590 e. The van der Waals surface area contributed by atoms with Crippen LogP contribution in [0.4, 0.5) is 0 Å². The van der Waals surface area contributed by atoms with E-state index in [1.54, 1.807) is 0 Å². The van der Waals surface area contributed by atoms with Crippen LogP contribution >= 0.6 is 11.3 Å². The first kappa shape index (κ1) is 12.7. The number of thiophene rings is 1. The van der Waals surface area contributed by atoms with Crippen LogP contribution in [0.5, 0.6) is 0 Å². The van der Waals surface area contributed by atoms with Gasteiger partial charge in [0.05, 0.1) is 6.04 Å². The summed E-state index contributed by atoms with van der Waals surface area (Å²) < 4.78 is 0. The molecule has 0 aliphatic heterocycles. The number of hydrogen-bond donors (Lipinski definition) is 1. The topological polar surface area (TPSA) is 29.3 Å². The van der Waals surface area contributed by atoms with Crippen molar-refractivity contribution in [2.45, 2.75) is 38.8 Å². The fourth-order valence-electron chi connectivity index (χ4n) is 1.93. The Balaban J connectivity index is 2.78. The van der Waals surface area contributed by atoms with Crippen LogP contribution in [-0.2, 0) is 0 Å². The Morgan fingerprint density at radius 2 is 2.20 bits per heavy atom. The van der Waals surface area contributed by atoms with Gasteiger partial charge in [-0.3, -0.25) is 4.90 Å². The summed E-state index contributed by atoms with van der Waals surface area (Å²) in [4.78, 5) is 3.76. The van der Waals surface area contributed by atoms with Gasteiger partial charge in [-0.15, -0.1) is 11.3 Å². The molecule has 1 aromatic heterocycles. The molecule has 0 aliphatic rings. The Morgan fingerprint density at radius 3 is 2.67 bits per heavy atom. The minimum atomic E-state index is 0.236. The number of rotatable bonds is 6. The third-order valence-electron chi connectivity index (χ3n) is 2.76. The van der Waals surface area contributed by atoms with Crippen molar-refractivity contribution < 1.29 is 0 Å². The molecule has 0 radical (unpaired) electrons. The van der Waals surface area contributed by atoms with Crippen LogP contribution in [0.25, 0.3) is 0 Å². The van der Waals surface area contributed by atoms with Crippen LogP contribution < -0.4 is 5.73 Å². The van der Waals surface area contributed by atoms with E-state index in [4.69, 9.17) is 5.73 Å². The van der Waals surface area contributed by atoms with Crippen molar-refractivity contribution in [1.29, 1.82) is 0 Å². The third kappa shape index (κ3) is 3.30. The predicted octanol–water partition coefficient (Wildman–Crippen LogP) is 2.87. The molecular formula is C12H22N2S. The quantitative estimate of drug-likeness (QED) is 0.808. The Labute approximate surface area is 97.1 Å². The summed E-state index contributed by atoms with van der Waals surface area (Å²) in [6.45, 7) is 5.47. The van der Waals surface area contributed by atoms with Crippen molar-refractivity contribution in [3.8, 4) is 0 Å². The third-order valence-corrected chi connectivity index (χ3v) is 3.71. The number of hydrogen-bond acceptors (Lipinski definition) is 3. The molecule has 2 unspecified atom stereocenters. The maximum atomic E-state index is 6.20. The van der Waals surface area contributed by atoms with Crippen LogP contribution in [0.3, 0.4) is 0 Å². The first-order valence-corrected chi connectivity index (χ1v) is 6.57. The van der Waals surface area contributed by atoms with E-state index in [1.165, 1.54) is 11.3 Å². The van der Waals surface area contributed by atoms with Gasteiger partial charge in [0.25, 0.3) is 0 Å². The van der Waals surface area contributed by atoms with Gasteiger partial charge in [0.15, 0.2) is 0 Å². The van der Waals surface area contributed by atoms with Crippen LogP contribution in [0.15, 0.2) is 17.5 Å². The van der Waals surface area contributed by atoms with E-state index in [0.29, 0.717) is 6.04 Å². The molecule has 0 fully saturated rings. The highest BCUT2D eigenvalue weighted by molar-refractivity contribution is 7.10. The molecule has 2 nitrogen and oxygen atoms in total. The molecule has 0 saturated carbocycles. The maximum absolute atomic E-state index is 6.20. The Kier molecular flexibility index (Phi) is 5.29. The predicted molar refractivity (Wildman–Crippen MR) is 68.2 cm³/mol. The molecule has 2 N–H and O–H groups in total. The number of likely N-dealkylation sites (N-methyl/N-ethyl adjacent to an activating group) is 1. The first-order chi connectivity index (χ1) is 7.20. The number of nitrogens with zero attached hydrogens (tertiary/aromatic N) is 1. The van der Waals surface area contributed by atoms with E-state index >= 15 is 0 Å². The van der Waals surface area contributed by atoms with Gasteiger partial charge in [-0.1, -0.05) is 19.9 Å². The van der Waals surface area contributed by atoms with Gasteiger partial charge in [0, 0.05) is 10.9 Å². The molecule has 1 heterocycles. The SMILES string of the molecule is CCCN(C)C(c1cccs1)C(N)CC. The Morgan fingerprint density at radius 1 is 1.47 bits per heavy atom. The lowest BCUT2D eigenvalue weighted by Crippen LogP contribution is -2.38. The molecule has 1 rings (SSSR count). The molecule has 15 heavy (non-hydrogen) atoms. The van der Waals surface area contributed by atoms with E-state index < -0.39 is 0 Å². The molecule has 2 atom stereocenters. The summed E-state index contributed by atoms with van der Waals surface area (Å²) in [5.74, 6) is 0. The van der Waals surface area contributed by atoms with E-state index in [-0.39, 0.29) is 6.04 Å². The summed E-state index contributed by atoms with van der Waals surface area (Å²) in [7, 11) is 2.17. The first-order valence-electron chi connectivity index (χ1n) is 5.69. The van der Waals surface area contributed by atoms with Crippen molar-refractivity contribution >= 4 is 11.3 Å². The van der Waals surface area contributed by atoms with Crippen molar-refractivity contribution in [1.82, 2.24) is 4.90 Å². The fourth-order valence-corrected chi connectivity index (χ4v) is 2.90. The summed E-state index contributed by atoms with van der Waals surface area (Å²) in [5.41, 5.74) is 6.20. The molecule has 0 spiro atoms. The molecule has 86 valence electrons. The summed E-state index contributed by atoms with van der Waals surface area (Å²) in [6.07, 6.45) is 2.20. The molecule has 0 aliphatic carbocycles. The van der Waals surface area contributed by atoms with Crippen molar-refractivity contribution in [2.75, 3.05) is 13.6 Å². The zero-order valence-electron chi connectivity index (χ0n) is 9.94. The Bertz CT molecular complexity index is 259. The van der Waals surface area contributed by atoms with Crippen LogP contribution in [0.1, 0.15) is 37.6 Å². The van der Waals surface area contributed by atoms with E-state index in [2.05, 4.69) is 43.3 Å². The lowest BCUT2D eigenvalue weighted by Gasteiger charge is -2.31. The van der Waals surface area contributed by atoms with Gasteiger partial charge in [-0.05, 0) is 37.9 Å². The highest BCUT2D eigenvalue weighted by atomic mass is 32.1. The summed E-state index contributed by atoms with van der Waals surface area (Å²) in [5, 5.41) is 2.13. The van der Waals surface area contributed by atoms with Gasteiger partial charge in [0.2, 0.25) is 0 Å². The van der Waals surface area contributed by atoms with Crippen molar-refractivity contribution in [2.24, 2.45) is 5.73 Å². The molecule has 0 aromatic carbocycles.